The lowest BCUT2D eigenvalue weighted by Crippen LogP contribution is -1.95. The highest BCUT2D eigenvalue weighted by atomic mass is 32.1. The maximum absolute atomic E-state index is 5.87. The number of anilines is 1. The van der Waals surface area contributed by atoms with Gasteiger partial charge in [-0.05, 0) is 13.0 Å². The van der Waals surface area contributed by atoms with Gasteiger partial charge in [0.15, 0.2) is 0 Å². The molecule has 0 saturated carbocycles. The summed E-state index contributed by atoms with van der Waals surface area (Å²) >= 11 is 1.55. The monoisotopic (exact) mass is 279 g/mol. The number of hydrogen-bond acceptors (Lipinski definition) is 5. The largest absolute Gasteiger partial charge is 0.496 e. The minimum absolute atomic E-state index is 0.693. The molecule has 1 aromatic carbocycles. The molecule has 0 aliphatic heterocycles. The van der Waals surface area contributed by atoms with Crippen LogP contribution < -0.4 is 19.9 Å². The molecule has 0 fully saturated rings. The summed E-state index contributed by atoms with van der Waals surface area (Å²) in [4.78, 5) is 1.12. The molecule has 1 heterocycles. The fourth-order valence-electron chi connectivity index (χ4n) is 2.02. The van der Waals surface area contributed by atoms with Crippen molar-refractivity contribution in [1.82, 2.24) is 0 Å². The van der Waals surface area contributed by atoms with E-state index in [0.29, 0.717) is 17.2 Å². The van der Waals surface area contributed by atoms with Gasteiger partial charge in [0.2, 0.25) is 0 Å². The zero-order chi connectivity index (χ0) is 14.0. The number of aryl methyl sites for hydroxylation is 1. The molecule has 19 heavy (non-hydrogen) atoms. The molecular formula is C14H17NO3S. The van der Waals surface area contributed by atoms with Crippen LogP contribution in [0.3, 0.4) is 0 Å². The predicted octanol–water partition coefficient (Wildman–Crippen LogP) is 3.33. The van der Waals surface area contributed by atoms with Gasteiger partial charge in [0.1, 0.15) is 17.2 Å². The molecule has 0 amide bonds. The topological polar surface area (TPSA) is 53.7 Å². The van der Waals surface area contributed by atoms with Crippen LogP contribution in [0.15, 0.2) is 18.2 Å². The van der Waals surface area contributed by atoms with Gasteiger partial charge in [0, 0.05) is 22.6 Å². The van der Waals surface area contributed by atoms with Crippen LogP contribution >= 0.6 is 11.3 Å². The predicted molar refractivity (Wildman–Crippen MR) is 78.6 cm³/mol. The Labute approximate surface area is 116 Å². The number of nitrogens with two attached hydrogens (primary N) is 1. The summed E-state index contributed by atoms with van der Waals surface area (Å²) in [5.74, 6) is 2.10. The normalized spacial score (nSPS) is 10.3. The lowest BCUT2D eigenvalue weighted by Gasteiger charge is -2.15. The Kier molecular flexibility index (Phi) is 3.85. The Morgan fingerprint density at radius 3 is 1.89 bits per heavy atom. The van der Waals surface area contributed by atoms with Crippen LogP contribution in [0.4, 0.5) is 5.00 Å². The molecular weight excluding hydrogens is 262 g/mol. The van der Waals surface area contributed by atoms with Crippen molar-refractivity contribution in [3.8, 4) is 28.4 Å². The van der Waals surface area contributed by atoms with E-state index in [2.05, 4.69) is 0 Å². The minimum Gasteiger partial charge on any atom is -0.496 e. The number of thiophene rings is 1. The van der Waals surface area contributed by atoms with Crippen molar-refractivity contribution < 1.29 is 14.2 Å². The van der Waals surface area contributed by atoms with Crippen LogP contribution in [0.5, 0.6) is 17.2 Å². The smallest absolute Gasteiger partial charge is 0.134 e. The number of hydrogen-bond donors (Lipinski definition) is 1. The lowest BCUT2D eigenvalue weighted by molar-refractivity contribution is 0.377. The maximum Gasteiger partial charge on any atom is 0.134 e. The summed E-state index contributed by atoms with van der Waals surface area (Å²) in [6.45, 7) is 2.03. The Morgan fingerprint density at radius 2 is 1.53 bits per heavy atom. The second kappa shape index (κ2) is 5.40. The van der Waals surface area contributed by atoms with Crippen molar-refractivity contribution in [2.75, 3.05) is 27.1 Å². The molecule has 2 rings (SSSR count). The van der Waals surface area contributed by atoms with Crippen molar-refractivity contribution in [3.05, 3.63) is 23.1 Å². The Bertz CT molecular complexity index is 567. The van der Waals surface area contributed by atoms with Crippen LogP contribution in [0.2, 0.25) is 0 Å². The van der Waals surface area contributed by atoms with E-state index in [-0.39, 0.29) is 0 Å². The van der Waals surface area contributed by atoms with Crippen molar-refractivity contribution in [2.24, 2.45) is 0 Å². The van der Waals surface area contributed by atoms with Gasteiger partial charge in [-0.1, -0.05) is 0 Å². The van der Waals surface area contributed by atoms with Crippen molar-refractivity contribution in [2.45, 2.75) is 6.92 Å². The standard InChI is InChI=1S/C14H17NO3S/c1-8-10(7-13(15)19-8)14-11(17-3)5-9(16-2)6-12(14)18-4/h5-7H,15H2,1-4H3. The molecule has 0 atom stereocenters. The second-order valence-electron chi connectivity index (χ2n) is 4.03. The zero-order valence-electron chi connectivity index (χ0n) is 11.4. The zero-order valence-corrected chi connectivity index (χ0v) is 12.3. The molecule has 2 N–H and O–H groups in total. The first-order chi connectivity index (χ1) is 9.10. The van der Waals surface area contributed by atoms with Gasteiger partial charge < -0.3 is 19.9 Å². The molecule has 0 bridgehead atoms. The van der Waals surface area contributed by atoms with Gasteiger partial charge >= 0.3 is 0 Å². The van der Waals surface area contributed by atoms with Gasteiger partial charge in [-0.15, -0.1) is 11.3 Å². The van der Waals surface area contributed by atoms with Gasteiger partial charge in [-0.3, -0.25) is 0 Å². The fraction of sp³-hybridized carbons (Fsp3) is 0.286. The lowest BCUT2D eigenvalue weighted by atomic mass is 10.0. The molecule has 5 heteroatoms. The van der Waals surface area contributed by atoms with E-state index >= 15 is 0 Å². The van der Waals surface area contributed by atoms with E-state index in [0.717, 1.165) is 21.0 Å². The van der Waals surface area contributed by atoms with Crippen molar-refractivity contribution >= 4 is 16.3 Å². The van der Waals surface area contributed by atoms with Gasteiger partial charge in [-0.25, -0.2) is 0 Å². The molecule has 0 aliphatic rings. The average molecular weight is 279 g/mol. The third-order valence-corrected chi connectivity index (χ3v) is 3.80. The number of ether oxygens (including phenoxy) is 3. The van der Waals surface area contributed by atoms with Crippen molar-refractivity contribution in [3.63, 3.8) is 0 Å². The first-order valence-corrected chi connectivity index (χ1v) is 6.58. The van der Waals surface area contributed by atoms with E-state index in [1.165, 1.54) is 0 Å². The highest BCUT2D eigenvalue weighted by Crippen LogP contribution is 2.45. The summed E-state index contributed by atoms with van der Waals surface area (Å²) in [7, 11) is 4.87. The summed E-state index contributed by atoms with van der Waals surface area (Å²) in [5, 5.41) is 0.771. The van der Waals surface area contributed by atoms with Gasteiger partial charge in [-0.2, -0.15) is 0 Å². The van der Waals surface area contributed by atoms with Crippen LogP contribution in [-0.2, 0) is 0 Å². The maximum atomic E-state index is 5.87. The molecule has 0 aliphatic carbocycles. The molecule has 0 unspecified atom stereocenters. The first-order valence-electron chi connectivity index (χ1n) is 5.77. The number of nitrogen functional groups attached to an aromatic ring is 1. The third kappa shape index (κ3) is 2.46. The van der Waals surface area contributed by atoms with Gasteiger partial charge in [0.25, 0.3) is 0 Å². The summed E-state index contributed by atoms with van der Waals surface area (Å²) in [5.41, 5.74) is 7.79. The summed E-state index contributed by atoms with van der Waals surface area (Å²) < 4.78 is 16.1. The van der Waals surface area contributed by atoms with Crippen molar-refractivity contribution in [1.29, 1.82) is 0 Å². The number of rotatable bonds is 4. The number of benzene rings is 1. The van der Waals surface area contributed by atoms with Crippen LogP contribution in [0.1, 0.15) is 4.88 Å². The molecule has 1 aromatic heterocycles. The Morgan fingerprint density at radius 1 is 0.947 bits per heavy atom. The van der Waals surface area contributed by atoms with E-state index in [9.17, 15) is 0 Å². The third-order valence-electron chi connectivity index (χ3n) is 2.92. The molecule has 4 nitrogen and oxygen atoms in total. The molecule has 102 valence electrons. The molecule has 0 spiro atoms. The Balaban J connectivity index is 2.70. The summed E-state index contributed by atoms with van der Waals surface area (Å²) in [6.07, 6.45) is 0. The quantitative estimate of drug-likeness (QED) is 0.932. The number of methoxy groups -OCH3 is 3. The molecule has 0 radical (unpaired) electrons. The highest BCUT2D eigenvalue weighted by molar-refractivity contribution is 7.16. The van der Waals surface area contributed by atoms with E-state index in [1.54, 1.807) is 32.7 Å². The van der Waals surface area contributed by atoms with E-state index in [4.69, 9.17) is 19.9 Å². The van der Waals surface area contributed by atoms with Crippen LogP contribution in [0.25, 0.3) is 11.1 Å². The minimum atomic E-state index is 0.693. The molecule has 0 saturated heterocycles. The fourth-order valence-corrected chi connectivity index (χ4v) is 2.83. The van der Waals surface area contributed by atoms with E-state index < -0.39 is 0 Å². The van der Waals surface area contributed by atoms with Crippen LogP contribution in [-0.4, -0.2) is 21.3 Å². The first kappa shape index (κ1) is 13.5. The van der Waals surface area contributed by atoms with Crippen LogP contribution in [0, 0.1) is 6.92 Å². The van der Waals surface area contributed by atoms with E-state index in [1.807, 2.05) is 25.1 Å². The second-order valence-corrected chi connectivity index (χ2v) is 5.31. The highest BCUT2D eigenvalue weighted by Gasteiger charge is 2.18. The Hall–Kier alpha value is -1.88. The SMILES string of the molecule is COc1cc(OC)c(-c2cc(N)sc2C)c(OC)c1. The van der Waals surface area contributed by atoms with Gasteiger partial charge in [0.05, 0.1) is 31.9 Å². The average Bonchev–Trinajstić information content (AvgIpc) is 2.75. The summed E-state index contributed by atoms with van der Waals surface area (Å²) in [6, 6.07) is 5.61. The molecule has 2 aromatic rings.